The minimum Gasteiger partial charge on any atom is -0.497 e. The first-order chi connectivity index (χ1) is 10.2. The van der Waals surface area contributed by atoms with Crippen LogP contribution >= 0.6 is 0 Å². The zero-order valence-electron chi connectivity index (χ0n) is 12.3. The van der Waals surface area contributed by atoms with E-state index in [0.29, 0.717) is 0 Å². The van der Waals surface area contributed by atoms with Crippen molar-refractivity contribution in [3.63, 3.8) is 0 Å². The van der Waals surface area contributed by atoms with E-state index in [4.69, 9.17) is 4.74 Å². The molecule has 0 aliphatic heterocycles. The van der Waals surface area contributed by atoms with Crippen LogP contribution in [0.15, 0.2) is 36.7 Å². The number of ether oxygens (including phenoxy) is 1. The lowest BCUT2D eigenvalue weighted by Crippen LogP contribution is -2.08. The summed E-state index contributed by atoms with van der Waals surface area (Å²) in [7, 11) is 1.67. The van der Waals surface area contributed by atoms with E-state index in [9.17, 15) is 0 Å². The van der Waals surface area contributed by atoms with Gasteiger partial charge in [0.05, 0.1) is 12.5 Å². The van der Waals surface area contributed by atoms with Crippen molar-refractivity contribution in [2.75, 3.05) is 12.4 Å². The predicted molar refractivity (Wildman–Crippen MR) is 83.7 cm³/mol. The fraction of sp³-hybridized carbons (Fsp3) is 0.250. The minimum absolute atomic E-state index is 0.143. The highest BCUT2D eigenvalue weighted by Gasteiger charge is 2.10. The highest BCUT2D eigenvalue weighted by Crippen LogP contribution is 2.25. The Labute approximate surface area is 123 Å². The number of anilines is 1. The van der Waals surface area contributed by atoms with Gasteiger partial charge in [0.2, 0.25) is 0 Å². The third-order valence-corrected chi connectivity index (χ3v) is 3.53. The fourth-order valence-electron chi connectivity index (χ4n) is 2.37. The van der Waals surface area contributed by atoms with Gasteiger partial charge in [-0.2, -0.15) is 0 Å². The Morgan fingerprint density at radius 2 is 1.95 bits per heavy atom. The molecule has 0 aliphatic carbocycles. The van der Waals surface area contributed by atoms with Gasteiger partial charge >= 0.3 is 0 Å². The molecular formula is C16H18N4O. The number of nitrogens with zero attached hydrogens (tertiary/aromatic N) is 2. The number of hydrogen-bond donors (Lipinski definition) is 2. The van der Waals surface area contributed by atoms with E-state index in [1.165, 1.54) is 5.56 Å². The Hall–Kier alpha value is -2.56. The lowest BCUT2D eigenvalue weighted by molar-refractivity contribution is 0.414. The van der Waals surface area contributed by atoms with Crippen molar-refractivity contribution in [3.8, 4) is 5.75 Å². The van der Waals surface area contributed by atoms with Crippen molar-refractivity contribution < 1.29 is 4.74 Å². The maximum atomic E-state index is 5.18. The molecule has 2 heterocycles. The first-order valence-corrected chi connectivity index (χ1v) is 6.88. The fourth-order valence-corrected chi connectivity index (χ4v) is 2.37. The topological polar surface area (TPSA) is 62.8 Å². The van der Waals surface area contributed by atoms with Crippen LogP contribution in [0.25, 0.3) is 11.0 Å². The molecule has 1 unspecified atom stereocenters. The molecule has 2 aromatic heterocycles. The molecule has 0 spiro atoms. The largest absolute Gasteiger partial charge is 0.497 e. The average molecular weight is 282 g/mol. The maximum Gasteiger partial charge on any atom is 0.143 e. The first kappa shape index (κ1) is 13.4. The Morgan fingerprint density at radius 1 is 1.19 bits per heavy atom. The zero-order chi connectivity index (χ0) is 14.8. The van der Waals surface area contributed by atoms with Crippen molar-refractivity contribution in [2.45, 2.75) is 19.9 Å². The van der Waals surface area contributed by atoms with Gasteiger partial charge in [0.1, 0.15) is 23.5 Å². The molecule has 3 rings (SSSR count). The molecule has 5 nitrogen and oxygen atoms in total. The van der Waals surface area contributed by atoms with Crippen molar-refractivity contribution in [2.24, 2.45) is 0 Å². The summed E-state index contributed by atoms with van der Waals surface area (Å²) in [5.41, 5.74) is 3.10. The number of aromatic nitrogens is 3. The van der Waals surface area contributed by atoms with Crippen LogP contribution in [0.3, 0.4) is 0 Å². The maximum absolute atomic E-state index is 5.18. The summed E-state index contributed by atoms with van der Waals surface area (Å²) in [6, 6.07) is 10.2. The Kier molecular flexibility index (Phi) is 3.48. The molecule has 0 saturated heterocycles. The van der Waals surface area contributed by atoms with Crippen LogP contribution in [0, 0.1) is 6.92 Å². The van der Waals surface area contributed by atoms with Crippen LogP contribution in [-0.4, -0.2) is 22.1 Å². The van der Waals surface area contributed by atoms with Crippen molar-refractivity contribution in [3.05, 3.63) is 47.9 Å². The average Bonchev–Trinajstić information content (AvgIpc) is 2.88. The summed E-state index contributed by atoms with van der Waals surface area (Å²) < 4.78 is 5.18. The number of aromatic amines is 1. The molecule has 2 N–H and O–H groups in total. The smallest absolute Gasteiger partial charge is 0.143 e. The second-order valence-corrected chi connectivity index (χ2v) is 5.08. The molecule has 3 aromatic rings. The Balaban J connectivity index is 1.86. The van der Waals surface area contributed by atoms with E-state index in [0.717, 1.165) is 28.3 Å². The second-order valence-electron chi connectivity index (χ2n) is 5.08. The van der Waals surface area contributed by atoms with Crippen LogP contribution in [0.2, 0.25) is 0 Å². The van der Waals surface area contributed by atoms with Gasteiger partial charge in [-0.1, -0.05) is 12.1 Å². The van der Waals surface area contributed by atoms with Gasteiger partial charge < -0.3 is 15.0 Å². The third-order valence-electron chi connectivity index (χ3n) is 3.53. The SMILES string of the molecule is COc1ccc(C(C)Nc2ncnc3[nH]c(C)cc23)cc1. The summed E-state index contributed by atoms with van der Waals surface area (Å²) in [5, 5.41) is 4.45. The van der Waals surface area contributed by atoms with Gasteiger partial charge in [0.25, 0.3) is 0 Å². The van der Waals surface area contributed by atoms with Gasteiger partial charge in [0, 0.05) is 11.7 Å². The molecule has 0 amide bonds. The molecule has 1 atom stereocenters. The summed E-state index contributed by atoms with van der Waals surface area (Å²) in [5.74, 6) is 1.70. The molecular weight excluding hydrogens is 264 g/mol. The highest BCUT2D eigenvalue weighted by molar-refractivity contribution is 5.87. The molecule has 21 heavy (non-hydrogen) atoms. The van der Waals surface area contributed by atoms with Crippen molar-refractivity contribution >= 4 is 16.9 Å². The monoisotopic (exact) mass is 282 g/mol. The standard InChI is InChI=1S/C16H18N4O/c1-10-8-14-15(19-10)17-9-18-16(14)20-11(2)12-4-6-13(21-3)7-5-12/h4-9,11H,1-3H3,(H2,17,18,19,20). The molecule has 0 aliphatic rings. The highest BCUT2D eigenvalue weighted by atomic mass is 16.5. The number of fused-ring (bicyclic) bond motifs is 1. The second kappa shape index (κ2) is 5.44. The molecule has 1 aromatic carbocycles. The summed E-state index contributed by atoms with van der Waals surface area (Å²) in [6.07, 6.45) is 1.57. The molecule has 0 bridgehead atoms. The van der Waals surface area contributed by atoms with Gasteiger partial charge in [-0.25, -0.2) is 9.97 Å². The number of H-pyrrole nitrogens is 1. The predicted octanol–water partition coefficient (Wildman–Crippen LogP) is 3.45. The lowest BCUT2D eigenvalue weighted by Gasteiger charge is -2.15. The van der Waals surface area contributed by atoms with E-state index in [1.807, 2.05) is 19.1 Å². The number of rotatable bonds is 4. The molecule has 0 fully saturated rings. The van der Waals surface area contributed by atoms with E-state index in [2.05, 4.69) is 45.4 Å². The van der Waals surface area contributed by atoms with Gasteiger partial charge in [-0.05, 0) is 37.6 Å². The van der Waals surface area contributed by atoms with Gasteiger partial charge in [-0.3, -0.25) is 0 Å². The number of methoxy groups -OCH3 is 1. The van der Waals surface area contributed by atoms with Crippen molar-refractivity contribution in [1.29, 1.82) is 0 Å². The van der Waals surface area contributed by atoms with E-state index >= 15 is 0 Å². The molecule has 0 saturated carbocycles. The summed E-state index contributed by atoms with van der Waals surface area (Å²) >= 11 is 0. The number of aryl methyl sites for hydroxylation is 1. The minimum atomic E-state index is 0.143. The van der Waals surface area contributed by atoms with Crippen LogP contribution in [0.1, 0.15) is 24.2 Å². The van der Waals surface area contributed by atoms with E-state index in [1.54, 1.807) is 13.4 Å². The van der Waals surface area contributed by atoms with Crippen LogP contribution in [0.5, 0.6) is 5.75 Å². The normalized spacial score (nSPS) is 12.3. The van der Waals surface area contributed by atoms with E-state index in [-0.39, 0.29) is 6.04 Å². The number of nitrogens with one attached hydrogen (secondary N) is 2. The summed E-state index contributed by atoms with van der Waals surface area (Å²) in [6.45, 7) is 4.12. The third kappa shape index (κ3) is 2.67. The quantitative estimate of drug-likeness (QED) is 0.769. The van der Waals surface area contributed by atoms with Gasteiger partial charge in [-0.15, -0.1) is 0 Å². The van der Waals surface area contributed by atoms with Crippen LogP contribution < -0.4 is 10.1 Å². The molecule has 5 heteroatoms. The van der Waals surface area contributed by atoms with Crippen molar-refractivity contribution in [1.82, 2.24) is 15.0 Å². The Morgan fingerprint density at radius 3 is 2.67 bits per heavy atom. The zero-order valence-corrected chi connectivity index (χ0v) is 12.3. The summed E-state index contributed by atoms with van der Waals surface area (Å²) in [4.78, 5) is 11.8. The van der Waals surface area contributed by atoms with Crippen LogP contribution in [-0.2, 0) is 0 Å². The van der Waals surface area contributed by atoms with Gasteiger partial charge in [0.15, 0.2) is 0 Å². The molecule has 0 radical (unpaired) electrons. The number of benzene rings is 1. The van der Waals surface area contributed by atoms with Crippen LogP contribution in [0.4, 0.5) is 5.82 Å². The number of hydrogen-bond acceptors (Lipinski definition) is 4. The first-order valence-electron chi connectivity index (χ1n) is 6.88. The lowest BCUT2D eigenvalue weighted by atomic mass is 10.1. The molecule has 108 valence electrons. The van der Waals surface area contributed by atoms with E-state index < -0.39 is 0 Å². The Bertz CT molecular complexity index is 749.